The number of esters is 1. The molecule has 0 spiro atoms. The second-order valence-electron chi connectivity index (χ2n) is 8.54. The van der Waals surface area contributed by atoms with Crippen LogP contribution in [0.2, 0.25) is 10.0 Å². The number of amides is 1. The molecule has 0 radical (unpaired) electrons. The van der Waals surface area contributed by atoms with Gasteiger partial charge >= 0.3 is 5.97 Å². The van der Waals surface area contributed by atoms with Gasteiger partial charge in [-0.2, -0.15) is 0 Å². The van der Waals surface area contributed by atoms with E-state index >= 15 is 0 Å². The molecule has 0 fully saturated rings. The summed E-state index contributed by atoms with van der Waals surface area (Å²) >= 11 is 13.2. The predicted octanol–water partition coefficient (Wildman–Crippen LogP) is 7.60. The summed E-state index contributed by atoms with van der Waals surface area (Å²) in [6.07, 6.45) is 0.645. The van der Waals surface area contributed by atoms with E-state index in [-0.39, 0.29) is 28.9 Å². The first-order valence-corrected chi connectivity index (χ1v) is 13.1. The fourth-order valence-electron chi connectivity index (χ4n) is 4.04. The molecular weight excluding hydrogens is 537 g/mol. The second kappa shape index (κ2) is 13.2. The summed E-state index contributed by atoms with van der Waals surface area (Å²) in [6.45, 7) is 1.58. The second-order valence-corrected chi connectivity index (χ2v) is 9.35. The van der Waals surface area contributed by atoms with Crippen LogP contribution in [-0.4, -0.2) is 32.1 Å². The van der Waals surface area contributed by atoms with Gasteiger partial charge in [0.05, 0.1) is 23.8 Å². The van der Waals surface area contributed by atoms with E-state index in [1.807, 2.05) is 42.5 Å². The van der Waals surface area contributed by atoms with Crippen LogP contribution in [0.5, 0.6) is 17.2 Å². The zero-order valence-corrected chi connectivity index (χ0v) is 23.0. The van der Waals surface area contributed by atoms with Crippen molar-refractivity contribution in [1.82, 2.24) is 0 Å². The number of nitrogens with zero attached hydrogens (tertiary/aromatic N) is 1. The van der Waals surface area contributed by atoms with Crippen molar-refractivity contribution < 1.29 is 23.8 Å². The van der Waals surface area contributed by atoms with E-state index in [9.17, 15) is 9.59 Å². The van der Waals surface area contributed by atoms with Crippen molar-refractivity contribution in [3.8, 4) is 17.2 Å². The summed E-state index contributed by atoms with van der Waals surface area (Å²) in [6, 6.07) is 27.2. The number of hydrogen-bond donors (Lipinski definition) is 0. The van der Waals surface area contributed by atoms with Gasteiger partial charge in [0.2, 0.25) is 0 Å². The Labute approximate surface area is 237 Å². The number of carbonyl (C=O) groups excluding carboxylic acids is 2. The monoisotopic (exact) mass is 563 g/mol. The largest absolute Gasteiger partial charge is 0.496 e. The van der Waals surface area contributed by atoms with Gasteiger partial charge in [-0.15, -0.1) is 0 Å². The standard InChI is InChI=1S/C31H27Cl2NO5/c1-3-38-29(35)20-34(31(36)22-12-8-5-9-13-22)24-18-26(32)30(27(33)19-24)39-25-14-15-28(37-2)23(17-25)16-21-10-6-4-7-11-21/h4-15,17-19H,3,16,20H2,1-2H3. The molecule has 0 atom stereocenters. The van der Waals surface area contributed by atoms with Crippen molar-refractivity contribution in [1.29, 1.82) is 0 Å². The van der Waals surface area contributed by atoms with Crippen molar-refractivity contribution in [3.05, 3.63) is 118 Å². The molecule has 0 bridgehead atoms. The molecule has 8 heteroatoms. The van der Waals surface area contributed by atoms with Gasteiger partial charge in [-0.1, -0.05) is 71.7 Å². The lowest BCUT2D eigenvalue weighted by Crippen LogP contribution is -2.36. The van der Waals surface area contributed by atoms with Crippen LogP contribution in [0.4, 0.5) is 5.69 Å². The molecule has 6 nitrogen and oxygen atoms in total. The minimum atomic E-state index is -0.557. The van der Waals surface area contributed by atoms with Crippen molar-refractivity contribution in [2.24, 2.45) is 0 Å². The van der Waals surface area contributed by atoms with Crippen molar-refractivity contribution in [2.45, 2.75) is 13.3 Å². The van der Waals surface area contributed by atoms with Gasteiger partial charge in [0.25, 0.3) is 5.91 Å². The Kier molecular flexibility index (Phi) is 9.47. The number of ether oxygens (including phenoxy) is 3. The Morgan fingerprint density at radius 3 is 2.10 bits per heavy atom. The molecule has 200 valence electrons. The minimum absolute atomic E-state index is 0.174. The summed E-state index contributed by atoms with van der Waals surface area (Å²) < 4.78 is 16.7. The molecule has 0 N–H and O–H groups in total. The van der Waals surface area contributed by atoms with Crippen molar-refractivity contribution in [2.75, 3.05) is 25.2 Å². The van der Waals surface area contributed by atoms with Crippen LogP contribution in [0.3, 0.4) is 0 Å². The maximum absolute atomic E-state index is 13.3. The molecule has 4 rings (SSSR count). The van der Waals surface area contributed by atoms with E-state index in [4.69, 9.17) is 37.4 Å². The van der Waals surface area contributed by atoms with Gasteiger partial charge < -0.3 is 14.2 Å². The summed E-state index contributed by atoms with van der Waals surface area (Å²) in [7, 11) is 1.62. The summed E-state index contributed by atoms with van der Waals surface area (Å²) in [4.78, 5) is 26.9. The normalized spacial score (nSPS) is 10.6. The number of halogens is 2. The topological polar surface area (TPSA) is 65.1 Å². The number of benzene rings is 4. The average Bonchev–Trinajstić information content (AvgIpc) is 2.94. The third-order valence-corrected chi connectivity index (χ3v) is 6.42. The van der Waals surface area contributed by atoms with E-state index in [1.54, 1.807) is 50.4 Å². The molecule has 1 amide bonds. The van der Waals surface area contributed by atoms with Crippen LogP contribution < -0.4 is 14.4 Å². The molecule has 39 heavy (non-hydrogen) atoms. The highest BCUT2D eigenvalue weighted by Gasteiger charge is 2.24. The quantitative estimate of drug-likeness (QED) is 0.186. The lowest BCUT2D eigenvalue weighted by molar-refractivity contribution is -0.141. The maximum Gasteiger partial charge on any atom is 0.326 e. The van der Waals surface area contributed by atoms with Crippen LogP contribution in [0.25, 0.3) is 0 Å². The SMILES string of the molecule is CCOC(=O)CN(C(=O)c1ccccc1)c1cc(Cl)c(Oc2ccc(OC)c(Cc3ccccc3)c2)c(Cl)c1. The number of carbonyl (C=O) groups is 2. The molecule has 4 aromatic rings. The minimum Gasteiger partial charge on any atom is -0.496 e. The first-order valence-electron chi connectivity index (χ1n) is 12.3. The highest BCUT2D eigenvalue weighted by atomic mass is 35.5. The fourth-order valence-corrected chi connectivity index (χ4v) is 4.60. The lowest BCUT2D eigenvalue weighted by Gasteiger charge is -2.23. The molecular formula is C31H27Cl2NO5. The van der Waals surface area contributed by atoms with Gasteiger partial charge in [0, 0.05) is 23.2 Å². The highest BCUT2D eigenvalue weighted by molar-refractivity contribution is 6.37. The third-order valence-electron chi connectivity index (χ3n) is 5.86. The predicted molar refractivity (Wildman–Crippen MR) is 154 cm³/mol. The van der Waals surface area contributed by atoms with E-state index in [1.165, 1.54) is 17.0 Å². The molecule has 0 saturated carbocycles. The summed E-state index contributed by atoms with van der Waals surface area (Å²) in [5.41, 5.74) is 2.79. The van der Waals surface area contributed by atoms with Crippen molar-refractivity contribution in [3.63, 3.8) is 0 Å². The van der Waals surface area contributed by atoms with Gasteiger partial charge in [-0.05, 0) is 55.0 Å². The number of rotatable bonds is 10. The van der Waals surface area contributed by atoms with E-state index in [2.05, 4.69) is 0 Å². The van der Waals surface area contributed by atoms with E-state index in [0.717, 1.165) is 16.9 Å². The first-order chi connectivity index (χ1) is 18.9. The summed E-state index contributed by atoms with van der Waals surface area (Å²) in [5, 5.41) is 0.347. The third kappa shape index (κ3) is 7.11. The van der Waals surface area contributed by atoms with Crippen LogP contribution in [0, 0.1) is 0 Å². The van der Waals surface area contributed by atoms with Crippen LogP contribution in [0.1, 0.15) is 28.4 Å². The number of methoxy groups -OCH3 is 1. The molecule has 0 aliphatic heterocycles. The lowest BCUT2D eigenvalue weighted by atomic mass is 10.0. The van der Waals surface area contributed by atoms with Gasteiger partial charge in [0.15, 0.2) is 5.75 Å². The van der Waals surface area contributed by atoms with Gasteiger partial charge in [-0.25, -0.2) is 0 Å². The smallest absolute Gasteiger partial charge is 0.326 e. The zero-order valence-electron chi connectivity index (χ0n) is 21.5. The zero-order chi connectivity index (χ0) is 27.8. The molecule has 0 unspecified atom stereocenters. The Balaban J connectivity index is 1.64. The number of hydrogen-bond acceptors (Lipinski definition) is 5. The average molecular weight is 564 g/mol. The Hall–Kier alpha value is -4.00. The molecule has 0 aliphatic rings. The Morgan fingerprint density at radius 2 is 1.49 bits per heavy atom. The van der Waals surface area contributed by atoms with Crippen LogP contribution >= 0.6 is 23.2 Å². The Morgan fingerprint density at radius 1 is 0.846 bits per heavy atom. The number of anilines is 1. The molecule has 0 aromatic heterocycles. The van der Waals surface area contributed by atoms with Gasteiger partial charge in [0.1, 0.15) is 18.0 Å². The first kappa shape index (κ1) is 28.0. The molecule has 0 saturated heterocycles. The molecule has 0 aliphatic carbocycles. The van der Waals surface area contributed by atoms with E-state index < -0.39 is 11.9 Å². The van der Waals surface area contributed by atoms with Gasteiger partial charge in [-0.3, -0.25) is 14.5 Å². The highest BCUT2D eigenvalue weighted by Crippen LogP contribution is 2.41. The summed E-state index contributed by atoms with van der Waals surface area (Å²) in [5.74, 6) is 0.514. The van der Waals surface area contributed by atoms with Crippen LogP contribution in [0.15, 0.2) is 91.0 Å². The van der Waals surface area contributed by atoms with E-state index in [0.29, 0.717) is 23.4 Å². The van der Waals surface area contributed by atoms with Crippen LogP contribution in [-0.2, 0) is 16.0 Å². The fraction of sp³-hybridized carbons (Fsp3) is 0.161. The Bertz CT molecular complexity index is 1420. The molecule has 0 heterocycles. The maximum atomic E-state index is 13.3. The molecule has 4 aromatic carbocycles. The van der Waals surface area contributed by atoms with Crippen molar-refractivity contribution >= 4 is 40.8 Å².